The maximum absolute atomic E-state index is 12.8. The molecule has 0 aliphatic carbocycles. The summed E-state index contributed by atoms with van der Waals surface area (Å²) < 4.78 is 13.5. The van der Waals surface area contributed by atoms with Crippen LogP contribution in [0.4, 0.5) is 10.1 Å². The van der Waals surface area contributed by atoms with Gasteiger partial charge in [-0.05, 0) is 18.2 Å². The molecule has 0 spiro atoms. The van der Waals surface area contributed by atoms with Crippen molar-refractivity contribution in [2.75, 3.05) is 11.9 Å². The van der Waals surface area contributed by atoms with Gasteiger partial charge in [0.25, 0.3) is 0 Å². The van der Waals surface area contributed by atoms with E-state index in [4.69, 9.17) is 12.2 Å². The molecule has 1 rings (SSSR count). The van der Waals surface area contributed by atoms with Gasteiger partial charge in [-0.25, -0.2) is 4.39 Å². The number of hydrogen-bond acceptors (Lipinski definition) is 1. The molecular formula is C8H7BrFNS. The third-order valence-corrected chi connectivity index (χ3v) is 2.19. The predicted octanol–water partition coefficient (Wildman–Crippen LogP) is 2.98. The van der Waals surface area contributed by atoms with Gasteiger partial charge in [0.1, 0.15) is 5.82 Å². The summed E-state index contributed by atoms with van der Waals surface area (Å²) >= 11 is 7.90. The van der Waals surface area contributed by atoms with Crippen LogP contribution >= 0.6 is 28.1 Å². The Bertz CT molecular complexity index is 283. The lowest BCUT2D eigenvalue weighted by molar-refractivity contribution is 0.627. The molecule has 0 unspecified atom stereocenters. The van der Waals surface area contributed by atoms with Crippen LogP contribution < -0.4 is 4.90 Å². The summed E-state index contributed by atoms with van der Waals surface area (Å²) in [5.74, 6) is -0.275. The fourth-order valence-corrected chi connectivity index (χ4v) is 1.38. The van der Waals surface area contributed by atoms with Crippen molar-refractivity contribution in [2.45, 2.75) is 0 Å². The van der Waals surface area contributed by atoms with Crippen LogP contribution in [-0.4, -0.2) is 12.5 Å². The summed E-state index contributed by atoms with van der Waals surface area (Å²) in [5, 5.41) is 0. The van der Waals surface area contributed by atoms with Gasteiger partial charge < -0.3 is 4.90 Å². The summed E-state index contributed by atoms with van der Waals surface area (Å²) in [6, 6.07) is 4.63. The molecule has 0 bridgehead atoms. The molecule has 0 radical (unpaired) electrons. The first kappa shape index (κ1) is 9.61. The molecule has 0 heterocycles. The second kappa shape index (κ2) is 3.96. The van der Waals surface area contributed by atoms with Crippen LogP contribution in [0.25, 0.3) is 0 Å². The Morgan fingerprint density at radius 1 is 1.50 bits per heavy atom. The van der Waals surface area contributed by atoms with E-state index in [1.165, 1.54) is 17.6 Å². The highest BCUT2D eigenvalue weighted by Gasteiger charge is 2.00. The van der Waals surface area contributed by atoms with Gasteiger partial charge >= 0.3 is 0 Å². The quantitative estimate of drug-likeness (QED) is 0.740. The van der Waals surface area contributed by atoms with Crippen LogP contribution in [0.3, 0.4) is 0 Å². The average Bonchev–Trinajstić information content (AvgIpc) is 2.01. The number of hydrogen-bond donors (Lipinski definition) is 0. The molecule has 1 aromatic rings. The maximum atomic E-state index is 12.8. The van der Waals surface area contributed by atoms with Crippen molar-refractivity contribution in [3.8, 4) is 0 Å². The van der Waals surface area contributed by atoms with E-state index in [9.17, 15) is 4.39 Å². The lowest BCUT2D eigenvalue weighted by Gasteiger charge is -2.12. The smallest absolute Gasteiger partial charge is 0.126 e. The van der Waals surface area contributed by atoms with Crippen molar-refractivity contribution in [2.24, 2.45) is 0 Å². The van der Waals surface area contributed by atoms with Crippen LogP contribution in [0, 0.1) is 5.82 Å². The fourth-order valence-electron chi connectivity index (χ4n) is 0.804. The highest BCUT2D eigenvalue weighted by molar-refractivity contribution is 9.10. The number of halogens is 2. The molecular weight excluding hydrogens is 241 g/mol. The zero-order valence-corrected chi connectivity index (χ0v) is 8.82. The van der Waals surface area contributed by atoms with E-state index in [2.05, 4.69) is 15.9 Å². The Hall–Kier alpha value is -0.480. The third kappa shape index (κ3) is 2.25. The van der Waals surface area contributed by atoms with E-state index >= 15 is 0 Å². The van der Waals surface area contributed by atoms with Crippen molar-refractivity contribution < 1.29 is 4.39 Å². The minimum absolute atomic E-state index is 0.275. The molecule has 0 saturated carbocycles. The summed E-state index contributed by atoms with van der Waals surface area (Å²) in [6.07, 6.45) is 0. The van der Waals surface area contributed by atoms with Crippen molar-refractivity contribution >= 4 is 39.3 Å². The standard InChI is InChI=1S/C8H7BrFNS/c1-11(5-12)8-3-6(9)2-7(10)4-8/h2-5H,1H3. The molecule has 0 saturated heterocycles. The van der Waals surface area contributed by atoms with E-state index in [0.29, 0.717) is 4.47 Å². The Balaban J connectivity index is 3.08. The van der Waals surface area contributed by atoms with E-state index in [0.717, 1.165) is 5.69 Å². The molecule has 0 N–H and O–H groups in total. The molecule has 0 amide bonds. The van der Waals surface area contributed by atoms with Crippen molar-refractivity contribution in [1.29, 1.82) is 0 Å². The average molecular weight is 248 g/mol. The van der Waals surface area contributed by atoms with Gasteiger partial charge in [0.15, 0.2) is 0 Å². The molecule has 4 heteroatoms. The van der Waals surface area contributed by atoms with E-state index in [-0.39, 0.29) is 5.82 Å². The second-order valence-corrected chi connectivity index (χ2v) is 3.47. The predicted molar refractivity (Wildman–Crippen MR) is 56.2 cm³/mol. The lowest BCUT2D eigenvalue weighted by atomic mass is 10.3. The Kier molecular flexibility index (Phi) is 3.17. The van der Waals surface area contributed by atoms with Gasteiger partial charge in [0.05, 0.1) is 5.49 Å². The van der Waals surface area contributed by atoms with E-state index in [1.54, 1.807) is 18.0 Å². The molecule has 0 atom stereocenters. The molecule has 0 aliphatic heterocycles. The summed E-state index contributed by atoms with van der Waals surface area (Å²) in [6.45, 7) is 0. The van der Waals surface area contributed by atoms with Crippen LogP contribution in [0.15, 0.2) is 22.7 Å². The van der Waals surface area contributed by atoms with Gasteiger partial charge in [-0.1, -0.05) is 28.1 Å². The molecule has 0 aromatic heterocycles. The molecule has 0 aliphatic rings. The van der Waals surface area contributed by atoms with Gasteiger partial charge in [0.2, 0.25) is 0 Å². The maximum Gasteiger partial charge on any atom is 0.126 e. The van der Waals surface area contributed by atoms with E-state index < -0.39 is 0 Å². The highest BCUT2D eigenvalue weighted by atomic mass is 79.9. The first-order valence-electron chi connectivity index (χ1n) is 3.27. The number of thiocarbonyl (C=S) groups is 1. The summed E-state index contributed by atoms with van der Waals surface area (Å²) in [4.78, 5) is 1.67. The minimum Gasteiger partial charge on any atom is -0.342 e. The highest BCUT2D eigenvalue weighted by Crippen LogP contribution is 2.20. The van der Waals surface area contributed by atoms with Crippen molar-refractivity contribution in [3.05, 3.63) is 28.5 Å². The second-order valence-electron chi connectivity index (χ2n) is 2.34. The van der Waals surface area contributed by atoms with Gasteiger partial charge in [-0.2, -0.15) is 0 Å². The molecule has 12 heavy (non-hydrogen) atoms. The number of benzene rings is 1. The first-order valence-corrected chi connectivity index (χ1v) is 4.54. The minimum atomic E-state index is -0.275. The summed E-state index contributed by atoms with van der Waals surface area (Å²) in [7, 11) is 1.77. The van der Waals surface area contributed by atoms with Crippen LogP contribution in [-0.2, 0) is 0 Å². The Morgan fingerprint density at radius 3 is 2.67 bits per heavy atom. The topological polar surface area (TPSA) is 3.24 Å². The lowest BCUT2D eigenvalue weighted by Crippen LogP contribution is -2.12. The molecule has 1 nitrogen and oxygen atoms in total. The van der Waals surface area contributed by atoms with E-state index in [1.807, 2.05) is 0 Å². The molecule has 1 aromatic carbocycles. The Morgan fingerprint density at radius 2 is 2.17 bits per heavy atom. The molecule has 64 valence electrons. The van der Waals surface area contributed by atoms with Gasteiger partial charge in [-0.15, -0.1) is 0 Å². The van der Waals surface area contributed by atoms with Crippen LogP contribution in [0.1, 0.15) is 0 Å². The number of rotatable bonds is 2. The van der Waals surface area contributed by atoms with Gasteiger partial charge in [0, 0.05) is 17.2 Å². The van der Waals surface area contributed by atoms with Crippen molar-refractivity contribution in [1.82, 2.24) is 0 Å². The normalized spacial score (nSPS) is 9.58. The monoisotopic (exact) mass is 247 g/mol. The summed E-state index contributed by atoms with van der Waals surface area (Å²) in [5.41, 5.74) is 2.19. The largest absolute Gasteiger partial charge is 0.342 e. The fraction of sp³-hybridized carbons (Fsp3) is 0.125. The van der Waals surface area contributed by atoms with Gasteiger partial charge in [-0.3, -0.25) is 0 Å². The Labute approximate surface area is 84.3 Å². The first-order chi connectivity index (χ1) is 5.63. The third-order valence-electron chi connectivity index (χ3n) is 1.41. The van der Waals surface area contributed by atoms with Crippen molar-refractivity contribution in [3.63, 3.8) is 0 Å². The zero-order chi connectivity index (χ0) is 9.14. The van der Waals surface area contributed by atoms with Crippen LogP contribution in [0.5, 0.6) is 0 Å². The van der Waals surface area contributed by atoms with Crippen LogP contribution in [0.2, 0.25) is 0 Å². The SMILES string of the molecule is CN(C=S)c1cc(F)cc(Br)c1. The molecule has 0 fully saturated rings. The number of anilines is 1. The number of nitrogens with zero attached hydrogens (tertiary/aromatic N) is 1. The zero-order valence-electron chi connectivity index (χ0n) is 6.42.